The number of nitrogens with one attached hydrogen (secondary N) is 5. The number of ether oxygens (including phenoxy) is 3. The Hall–Kier alpha value is -6.69. The molecular formula is C51H62N10O7. The Labute approximate surface area is 397 Å². The maximum absolute atomic E-state index is 13.6. The van der Waals surface area contributed by atoms with Gasteiger partial charge in [-0.25, -0.2) is 0 Å². The van der Waals surface area contributed by atoms with Gasteiger partial charge in [0, 0.05) is 92.9 Å². The van der Waals surface area contributed by atoms with Gasteiger partial charge in [0.15, 0.2) is 11.6 Å². The van der Waals surface area contributed by atoms with Crippen LogP contribution in [0.3, 0.4) is 0 Å². The van der Waals surface area contributed by atoms with Crippen molar-refractivity contribution in [2.45, 2.75) is 82.5 Å². The molecule has 358 valence electrons. The number of nitrogens with zero attached hydrogens (tertiary/aromatic N) is 5. The molecule has 17 nitrogen and oxygen atoms in total. The lowest BCUT2D eigenvalue weighted by Crippen LogP contribution is -2.52. The number of hydrogen-bond acceptors (Lipinski definition) is 13. The topological polar surface area (TPSA) is 205 Å². The predicted octanol–water partition coefficient (Wildman–Crippen LogP) is 6.24. The number of carbonyl (C=O) groups excluding carboxylic acids is 4. The third-order valence-corrected chi connectivity index (χ3v) is 12.8. The van der Waals surface area contributed by atoms with E-state index in [1.54, 1.807) is 23.4 Å². The fourth-order valence-corrected chi connectivity index (χ4v) is 8.88. The number of aromatic nitrogens is 4. The van der Waals surface area contributed by atoms with E-state index >= 15 is 0 Å². The van der Waals surface area contributed by atoms with E-state index in [-0.39, 0.29) is 30.2 Å². The molecule has 2 atom stereocenters. The highest BCUT2D eigenvalue weighted by Gasteiger charge is 2.40. The van der Waals surface area contributed by atoms with Gasteiger partial charge in [-0.3, -0.25) is 29.5 Å². The molecule has 2 fully saturated rings. The van der Waals surface area contributed by atoms with Crippen molar-refractivity contribution in [1.82, 2.24) is 40.6 Å². The van der Waals surface area contributed by atoms with Crippen LogP contribution >= 0.6 is 0 Å². The van der Waals surface area contributed by atoms with Gasteiger partial charge in [-0.2, -0.15) is 0 Å². The molecule has 0 aliphatic carbocycles. The number of pyridine rings is 1. The van der Waals surface area contributed by atoms with Crippen LogP contribution in [0.25, 0.3) is 11.4 Å². The summed E-state index contributed by atoms with van der Waals surface area (Å²) in [6.07, 6.45) is 9.32. The van der Waals surface area contributed by atoms with Gasteiger partial charge >= 0.3 is 0 Å². The van der Waals surface area contributed by atoms with Gasteiger partial charge in [0.25, 0.3) is 11.8 Å². The second kappa shape index (κ2) is 22.9. The lowest BCUT2D eigenvalue weighted by molar-refractivity contribution is -0.136. The zero-order valence-corrected chi connectivity index (χ0v) is 38.9. The number of amides is 4. The van der Waals surface area contributed by atoms with Crippen LogP contribution in [-0.2, 0) is 31.1 Å². The first-order chi connectivity index (χ1) is 33.1. The molecular weight excluding hydrogens is 865 g/mol. The molecule has 3 aromatic carbocycles. The summed E-state index contributed by atoms with van der Waals surface area (Å²) in [4.78, 5) is 61.8. The Morgan fingerprint density at radius 3 is 2.46 bits per heavy atom. The Bertz CT molecular complexity index is 2510. The number of hydrogen-bond donors (Lipinski definition) is 5. The molecule has 3 aliphatic heterocycles. The third-order valence-electron chi connectivity index (χ3n) is 12.8. The van der Waals surface area contributed by atoms with E-state index in [4.69, 9.17) is 14.2 Å². The molecule has 0 spiro atoms. The molecule has 5 heterocycles. The van der Waals surface area contributed by atoms with Crippen molar-refractivity contribution in [3.63, 3.8) is 0 Å². The summed E-state index contributed by atoms with van der Waals surface area (Å²) in [5.74, 6) is 1.19. The molecule has 3 aliphatic rings. The van der Waals surface area contributed by atoms with E-state index in [0.717, 1.165) is 91.3 Å². The summed E-state index contributed by atoms with van der Waals surface area (Å²) in [5, 5.41) is 21.7. The minimum absolute atomic E-state index is 0.163. The maximum Gasteiger partial charge on any atom is 0.255 e. The SMILES string of the molecule is CC(NC(=O)c1cccc(NC2(c3nnc(-c4ccncc4)[nH]3)CCN(C)CC2)c1)c1cccc(OCCCCCOCCCOCCNc2ccc3c(c2)CN(C2CCC(=O)NC2=O)C3=O)c1. The monoisotopic (exact) mass is 926 g/mol. The highest BCUT2D eigenvalue weighted by molar-refractivity contribution is 6.05. The molecule has 17 heteroatoms. The van der Waals surface area contributed by atoms with Crippen molar-refractivity contribution in [2.24, 2.45) is 0 Å². The van der Waals surface area contributed by atoms with Crippen LogP contribution in [0.1, 0.15) is 102 Å². The molecule has 8 rings (SSSR count). The number of benzene rings is 3. The minimum Gasteiger partial charge on any atom is -0.494 e. The van der Waals surface area contributed by atoms with Crippen LogP contribution in [0.15, 0.2) is 91.3 Å². The minimum atomic E-state index is -0.622. The number of likely N-dealkylation sites (tertiary alicyclic amines) is 1. The Kier molecular flexibility index (Phi) is 16.1. The molecule has 2 unspecified atom stereocenters. The van der Waals surface area contributed by atoms with Crippen molar-refractivity contribution >= 4 is 35.0 Å². The smallest absolute Gasteiger partial charge is 0.255 e. The van der Waals surface area contributed by atoms with Crippen LogP contribution < -0.4 is 26.0 Å². The Morgan fingerprint density at radius 1 is 0.853 bits per heavy atom. The second-order valence-electron chi connectivity index (χ2n) is 17.8. The quantitative estimate of drug-likeness (QED) is 0.0364. The van der Waals surface area contributed by atoms with E-state index in [1.807, 2.05) is 79.7 Å². The van der Waals surface area contributed by atoms with E-state index in [0.29, 0.717) is 69.5 Å². The van der Waals surface area contributed by atoms with Crippen LogP contribution in [0.5, 0.6) is 5.75 Å². The fraction of sp³-hybridized carbons (Fsp3) is 0.431. The number of rotatable bonds is 23. The van der Waals surface area contributed by atoms with Gasteiger partial charge in [0.1, 0.15) is 11.8 Å². The standard InChI is InChI=1S/C51H62N10O7/c1-35(54-47(63)38-10-6-11-41(31-38)57-51(19-24-60(2)25-20-51)50-56-46(58-59-50)36-17-21-52-22-18-36)37-9-7-12-42(33-37)68-29-5-3-4-26-66-27-8-28-67-30-23-53-40-13-14-43-39(32-40)34-61(49(43)65)44-15-16-45(62)55-48(44)64/h6-7,9-14,17-18,21-22,31-33,35,44,53,57H,3-5,8,15-16,19-20,23-30,34H2,1-2H3,(H,54,63)(H,55,62,64)(H,56,58,59). The molecule has 68 heavy (non-hydrogen) atoms. The number of H-pyrrole nitrogens is 1. The average molecular weight is 927 g/mol. The van der Waals surface area contributed by atoms with Gasteiger partial charge in [0.05, 0.1) is 24.8 Å². The summed E-state index contributed by atoms with van der Waals surface area (Å²) in [5.41, 5.74) is 5.13. The molecule has 2 saturated heterocycles. The van der Waals surface area contributed by atoms with Gasteiger partial charge in [0.2, 0.25) is 11.8 Å². The summed E-state index contributed by atoms with van der Waals surface area (Å²) in [7, 11) is 2.12. The summed E-state index contributed by atoms with van der Waals surface area (Å²) in [6.45, 7) is 7.75. The lowest BCUT2D eigenvalue weighted by Gasteiger charge is -2.40. The van der Waals surface area contributed by atoms with Gasteiger partial charge in [-0.15, -0.1) is 10.2 Å². The largest absolute Gasteiger partial charge is 0.494 e. The molecule has 0 saturated carbocycles. The highest BCUT2D eigenvalue weighted by Crippen LogP contribution is 2.36. The first-order valence-corrected chi connectivity index (χ1v) is 23.7. The Morgan fingerprint density at radius 2 is 1.63 bits per heavy atom. The van der Waals surface area contributed by atoms with Crippen molar-refractivity contribution < 1.29 is 33.4 Å². The summed E-state index contributed by atoms with van der Waals surface area (Å²) >= 11 is 0. The number of unbranched alkanes of at least 4 members (excludes halogenated alkanes) is 2. The number of aromatic amines is 1. The zero-order valence-electron chi connectivity index (χ0n) is 38.9. The van der Waals surface area contributed by atoms with Crippen molar-refractivity contribution in [3.8, 4) is 17.1 Å². The Balaban J connectivity index is 0.685. The zero-order chi connectivity index (χ0) is 47.3. The molecule has 0 bridgehead atoms. The predicted molar refractivity (Wildman–Crippen MR) is 257 cm³/mol. The maximum atomic E-state index is 13.6. The number of anilines is 2. The van der Waals surface area contributed by atoms with E-state index in [1.165, 1.54) is 0 Å². The van der Waals surface area contributed by atoms with Crippen molar-refractivity contribution in [1.29, 1.82) is 0 Å². The molecule has 4 amide bonds. The summed E-state index contributed by atoms with van der Waals surface area (Å²) < 4.78 is 17.7. The highest BCUT2D eigenvalue weighted by atomic mass is 16.5. The van der Waals surface area contributed by atoms with Crippen LogP contribution in [0.2, 0.25) is 0 Å². The number of fused-ring (bicyclic) bond motifs is 1. The van der Waals surface area contributed by atoms with E-state index < -0.39 is 17.5 Å². The number of imide groups is 1. The summed E-state index contributed by atoms with van der Waals surface area (Å²) in [6, 6.07) is 24.0. The second-order valence-corrected chi connectivity index (χ2v) is 17.8. The number of piperidine rings is 2. The third kappa shape index (κ3) is 12.2. The van der Waals surface area contributed by atoms with Crippen LogP contribution in [-0.4, -0.2) is 119 Å². The van der Waals surface area contributed by atoms with Gasteiger partial charge in [-0.05, 0) is 131 Å². The van der Waals surface area contributed by atoms with E-state index in [9.17, 15) is 19.2 Å². The average Bonchev–Trinajstić information content (AvgIpc) is 3.98. The van der Waals surface area contributed by atoms with Crippen molar-refractivity contribution in [2.75, 3.05) is 70.3 Å². The molecule has 0 radical (unpaired) electrons. The van der Waals surface area contributed by atoms with E-state index in [2.05, 4.69) is 53.4 Å². The van der Waals surface area contributed by atoms with Crippen LogP contribution in [0.4, 0.5) is 11.4 Å². The van der Waals surface area contributed by atoms with Crippen molar-refractivity contribution in [3.05, 3.63) is 119 Å². The van der Waals surface area contributed by atoms with Gasteiger partial charge < -0.3 is 44.9 Å². The molecule has 2 aromatic heterocycles. The molecule has 5 N–H and O–H groups in total. The van der Waals surface area contributed by atoms with Gasteiger partial charge in [-0.1, -0.05) is 18.2 Å². The number of carbonyl (C=O) groups is 4. The first-order valence-electron chi connectivity index (χ1n) is 23.7. The molecule has 5 aromatic rings. The fourth-order valence-electron chi connectivity index (χ4n) is 8.88. The normalized spacial score (nSPS) is 17.4. The van der Waals surface area contributed by atoms with Crippen LogP contribution in [0, 0.1) is 0 Å². The lowest BCUT2D eigenvalue weighted by atomic mass is 9.86. The first kappa shape index (κ1) is 47.8.